The Bertz CT molecular complexity index is 466. The topological polar surface area (TPSA) is 32.8 Å². The lowest BCUT2D eigenvalue weighted by Gasteiger charge is -2.26. The Labute approximate surface area is 121 Å². The summed E-state index contributed by atoms with van der Waals surface area (Å²) in [4.78, 5) is 16.6. The summed E-state index contributed by atoms with van der Waals surface area (Å²) in [5.41, 5.74) is 3.13. The van der Waals surface area contributed by atoms with E-state index in [1.165, 1.54) is 0 Å². The van der Waals surface area contributed by atoms with Crippen molar-refractivity contribution in [2.24, 2.45) is 0 Å². The number of aryl methyl sites for hydroxylation is 1. The lowest BCUT2D eigenvalue weighted by atomic mass is 10.0. The zero-order chi connectivity index (χ0) is 14.5. The van der Waals surface area contributed by atoms with Crippen molar-refractivity contribution in [1.29, 1.82) is 0 Å². The highest BCUT2D eigenvalue weighted by Gasteiger charge is 2.13. The fraction of sp³-hybridized carbons (Fsp3) is 0.562. The highest BCUT2D eigenvalue weighted by molar-refractivity contribution is 5.96. The molecule has 1 aliphatic rings. The van der Waals surface area contributed by atoms with E-state index in [-0.39, 0.29) is 5.78 Å². The van der Waals surface area contributed by atoms with Crippen LogP contribution in [0, 0.1) is 6.92 Å². The highest BCUT2D eigenvalue weighted by Crippen LogP contribution is 2.20. The Morgan fingerprint density at radius 3 is 2.60 bits per heavy atom. The first-order chi connectivity index (χ1) is 9.58. The number of ether oxygens (including phenoxy) is 1. The largest absolute Gasteiger partial charge is 0.379 e. The Balaban J connectivity index is 1.93. The molecule has 0 radical (unpaired) electrons. The minimum absolute atomic E-state index is 0.227. The number of nitrogens with zero attached hydrogens (tertiary/aromatic N) is 2. The van der Waals surface area contributed by atoms with E-state index in [1.807, 2.05) is 39.2 Å². The van der Waals surface area contributed by atoms with Crippen molar-refractivity contribution >= 4 is 11.5 Å². The zero-order valence-corrected chi connectivity index (χ0v) is 12.7. The molecule has 0 amide bonds. The zero-order valence-electron chi connectivity index (χ0n) is 12.7. The average Bonchev–Trinajstić information content (AvgIpc) is 2.45. The molecule has 1 saturated heterocycles. The van der Waals surface area contributed by atoms with Crippen LogP contribution in [0.2, 0.25) is 0 Å². The Kier molecular flexibility index (Phi) is 5.15. The lowest BCUT2D eigenvalue weighted by Crippen LogP contribution is -2.37. The smallest absolute Gasteiger partial charge is 0.164 e. The Hall–Kier alpha value is -1.39. The van der Waals surface area contributed by atoms with Gasteiger partial charge < -0.3 is 9.64 Å². The van der Waals surface area contributed by atoms with Crippen LogP contribution in [0.1, 0.15) is 22.3 Å². The van der Waals surface area contributed by atoms with Crippen LogP contribution in [0.15, 0.2) is 18.2 Å². The van der Waals surface area contributed by atoms with E-state index in [9.17, 15) is 4.79 Å². The van der Waals surface area contributed by atoms with Gasteiger partial charge in [-0.05, 0) is 30.7 Å². The molecule has 1 heterocycles. The van der Waals surface area contributed by atoms with Crippen molar-refractivity contribution in [1.82, 2.24) is 4.90 Å². The molecule has 4 heteroatoms. The summed E-state index contributed by atoms with van der Waals surface area (Å²) in [6.07, 6.45) is 0.584. The van der Waals surface area contributed by atoms with Crippen molar-refractivity contribution in [3.8, 4) is 0 Å². The van der Waals surface area contributed by atoms with E-state index in [0.717, 1.165) is 49.7 Å². The maximum atomic E-state index is 12.2. The van der Waals surface area contributed by atoms with Crippen molar-refractivity contribution in [3.63, 3.8) is 0 Å². The number of morpholine rings is 1. The van der Waals surface area contributed by atoms with Gasteiger partial charge in [-0.25, -0.2) is 0 Å². The molecule has 4 nitrogen and oxygen atoms in total. The number of carbonyl (C=O) groups excluding carboxylic acids is 1. The predicted octanol–water partition coefficient (Wildman–Crippen LogP) is 1.97. The molecule has 0 aliphatic carbocycles. The molecule has 0 spiro atoms. The minimum atomic E-state index is 0.227. The number of rotatable bonds is 5. The molecular formula is C16H24N2O2. The van der Waals surface area contributed by atoms with E-state index < -0.39 is 0 Å². The summed E-state index contributed by atoms with van der Waals surface area (Å²) >= 11 is 0. The second kappa shape index (κ2) is 6.86. The Morgan fingerprint density at radius 1 is 1.30 bits per heavy atom. The second-order valence-corrected chi connectivity index (χ2v) is 5.52. The van der Waals surface area contributed by atoms with E-state index in [2.05, 4.69) is 9.80 Å². The quantitative estimate of drug-likeness (QED) is 0.770. The summed E-state index contributed by atoms with van der Waals surface area (Å²) in [6.45, 7) is 6.32. The predicted molar refractivity (Wildman–Crippen MR) is 81.7 cm³/mol. The van der Waals surface area contributed by atoms with Gasteiger partial charge in [0.2, 0.25) is 0 Å². The number of hydrogen-bond donors (Lipinski definition) is 0. The summed E-state index contributed by atoms with van der Waals surface area (Å²) < 4.78 is 5.31. The molecular weight excluding hydrogens is 252 g/mol. The molecule has 0 bridgehead atoms. The van der Waals surface area contributed by atoms with E-state index >= 15 is 0 Å². The average molecular weight is 276 g/mol. The van der Waals surface area contributed by atoms with Crippen LogP contribution in [0.5, 0.6) is 0 Å². The van der Waals surface area contributed by atoms with Crippen LogP contribution in [-0.2, 0) is 4.74 Å². The first-order valence-electron chi connectivity index (χ1n) is 7.19. The van der Waals surface area contributed by atoms with Crippen LogP contribution in [0.3, 0.4) is 0 Å². The van der Waals surface area contributed by atoms with Gasteiger partial charge in [-0.3, -0.25) is 9.69 Å². The molecule has 1 aliphatic heterocycles. The molecule has 0 saturated carbocycles. The van der Waals surface area contributed by atoms with Gasteiger partial charge in [0.25, 0.3) is 0 Å². The molecule has 0 N–H and O–H groups in total. The third kappa shape index (κ3) is 3.81. The van der Waals surface area contributed by atoms with Crippen LogP contribution in [0.4, 0.5) is 5.69 Å². The van der Waals surface area contributed by atoms with Gasteiger partial charge in [0.05, 0.1) is 13.2 Å². The van der Waals surface area contributed by atoms with Crippen molar-refractivity contribution in [2.75, 3.05) is 51.8 Å². The molecule has 1 aromatic rings. The van der Waals surface area contributed by atoms with Crippen molar-refractivity contribution < 1.29 is 9.53 Å². The minimum Gasteiger partial charge on any atom is -0.379 e. The van der Waals surface area contributed by atoms with Gasteiger partial charge in [-0.15, -0.1) is 0 Å². The molecule has 0 aromatic heterocycles. The SMILES string of the molecule is Cc1cc(C(=O)CCN2CCOCC2)ccc1N(C)C. The van der Waals surface area contributed by atoms with E-state index in [1.54, 1.807) is 0 Å². The van der Waals surface area contributed by atoms with Gasteiger partial charge in [0, 0.05) is 51.4 Å². The van der Waals surface area contributed by atoms with Gasteiger partial charge in [0.1, 0.15) is 0 Å². The monoisotopic (exact) mass is 276 g/mol. The standard InChI is InChI=1S/C16H24N2O2/c1-13-12-14(4-5-15(13)17(2)3)16(19)6-7-18-8-10-20-11-9-18/h4-5,12H,6-11H2,1-3H3. The number of anilines is 1. The number of carbonyl (C=O) groups is 1. The van der Waals surface area contributed by atoms with Crippen molar-refractivity contribution in [3.05, 3.63) is 29.3 Å². The number of ketones is 1. The maximum Gasteiger partial charge on any atom is 0.164 e. The normalized spacial score (nSPS) is 16.1. The fourth-order valence-electron chi connectivity index (χ4n) is 2.56. The highest BCUT2D eigenvalue weighted by atomic mass is 16.5. The number of hydrogen-bond acceptors (Lipinski definition) is 4. The summed E-state index contributed by atoms with van der Waals surface area (Å²) in [7, 11) is 4.03. The van der Waals surface area contributed by atoms with Gasteiger partial charge in [-0.1, -0.05) is 0 Å². The number of Topliss-reactive ketones (excluding diaryl/α,β-unsaturated/α-hetero) is 1. The third-order valence-electron chi connectivity index (χ3n) is 3.76. The molecule has 110 valence electrons. The summed E-state index contributed by atoms with van der Waals surface area (Å²) in [5, 5.41) is 0. The summed E-state index contributed by atoms with van der Waals surface area (Å²) in [5.74, 6) is 0.227. The first-order valence-corrected chi connectivity index (χ1v) is 7.19. The van der Waals surface area contributed by atoms with Gasteiger partial charge in [0.15, 0.2) is 5.78 Å². The van der Waals surface area contributed by atoms with E-state index in [4.69, 9.17) is 4.74 Å². The van der Waals surface area contributed by atoms with Crippen molar-refractivity contribution in [2.45, 2.75) is 13.3 Å². The molecule has 0 atom stereocenters. The van der Waals surface area contributed by atoms with Crippen LogP contribution in [-0.4, -0.2) is 57.6 Å². The molecule has 1 aromatic carbocycles. The molecule has 1 fully saturated rings. The lowest BCUT2D eigenvalue weighted by molar-refractivity contribution is 0.0370. The molecule has 2 rings (SSSR count). The summed E-state index contributed by atoms with van der Waals surface area (Å²) in [6, 6.07) is 5.96. The number of benzene rings is 1. The van der Waals surface area contributed by atoms with Crippen LogP contribution >= 0.6 is 0 Å². The maximum absolute atomic E-state index is 12.2. The first kappa shape index (κ1) is 15.0. The Morgan fingerprint density at radius 2 is 2.00 bits per heavy atom. The van der Waals surface area contributed by atoms with Gasteiger partial charge in [-0.2, -0.15) is 0 Å². The molecule has 20 heavy (non-hydrogen) atoms. The van der Waals surface area contributed by atoms with E-state index in [0.29, 0.717) is 6.42 Å². The van der Waals surface area contributed by atoms with Crippen LogP contribution in [0.25, 0.3) is 0 Å². The fourth-order valence-corrected chi connectivity index (χ4v) is 2.56. The van der Waals surface area contributed by atoms with Crippen LogP contribution < -0.4 is 4.90 Å². The molecule has 0 unspecified atom stereocenters. The second-order valence-electron chi connectivity index (χ2n) is 5.52. The third-order valence-corrected chi connectivity index (χ3v) is 3.76. The van der Waals surface area contributed by atoms with Gasteiger partial charge >= 0.3 is 0 Å².